The van der Waals surface area contributed by atoms with E-state index in [0.717, 1.165) is 11.4 Å². The van der Waals surface area contributed by atoms with Crippen LogP contribution in [0.3, 0.4) is 0 Å². The van der Waals surface area contributed by atoms with Crippen molar-refractivity contribution >= 4 is 0 Å². The van der Waals surface area contributed by atoms with Crippen LogP contribution in [-0.2, 0) is 6.61 Å². The van der Waals surface area contributed by atoms with Crippen molar-refractivity contribution < 1.29 is 4.74 Å². The standard InChI is InChI=1S/C12H9NO/c1-2-5-10-9(4-1)8-14-11-6-3-7-13-12(10)11/h1-7H,8H2. The van der Waals surface area contributed by atoms with Crippen molar-refractivity contribution in [2.45, 2.75) is 6.61 Å². The number of aromatic nitrogens is 1. The number of nitrogens with zero attached hydrogens (tertiary/aromatic N) is 1. The fourth-order valence-electron chi connectivity index (χ4n) is 1.74. The molecule has 0 fully saturated rings. The number of ether oxygens (including phenoxy) is 1. The van der Waals surface area contributed by atoms with E-state index in [-0.39, 0.29) is 0 Å². The van der Waals surface area contributed by atoms with Gasteiger partial charge < -0.3 is 4.74 Å². The molecule has 0 N–H and O–H groups in total. The van der Waals surface area contributed by atoms with Gasteiger partial charge in [0.1, 0.15) is 18.1 Å². The van der Waals surface area contributed by atoms with Crippen LogP contribution in [0.4, 0.5) is 0 Å². The summed E-state index contributed by atoms with van der Waals surface area (Å²) in [4.78, 5) is 4.34. The van der Waals surface area contributed by atoms with E-state index >= 15 is 0 Å². The zero-order valence-corrected chi connectivity index (χ0v) is 7.60. The highest BCUT2D eigenvalue weighted by Gasteiger charge is 2.16. The number of hydrogen-bond donors (Lipinski definition) is 0. The van der Waals surface area contributed by atoms with Crippen LogP contribution < -0.4 is 4.74 Å². The van der Waals surface area contributed by atoms with Crippen LogP contribution in [0.2, 0.25) is 0 Å². The summed E-state index contributed by atoms with van der Waals surface area (Å²) in [6.07, 6.45) is 1.80. The number of hydrogen-bond acceptors (Lipinski definition) is 2. The molecule has 0 amide bonds. The highest BCUT2D eigenvalue weighted by atomic mass is 16.5. The Bertz CT molecular complexity index is 434. The molecule has 0 atom stereocenters. The molecule has 0 aliphatic carbocycles. The van der Waals surface area contributed by atoms with Gasteiger partial charge in [0.25, 0.3) is 0 Å². The molecule has 1 aromatic carbocycles. The minimum absolute atomic E-state index is 0.648. The largest absolute Gasteiger partial charge is 0.487 e. The van der Waals surface area contributed by atoms with Crippen molar-refractivity contribution in [3.63, 3.8) is 0 Å². The van der Waals surface area contributed by atoms with E-state index in [2.05, 4.69) is 17.1 Å². The van der Waals surface area contributed by atoms with Gasteiger partial charge in [-0.2, -0.15) is 0 Å². The Balaban J connectivity index is 2.29. The maximum atomic E-state index is 5.59. The van der Waals surface area contributed by atoms with Crippen LogP contribution in [0.1, 0.15) is 5.56 Å². The quantitative estimate of drug-likeness (QED) is 0.626. The molecule has 0 saturated carbocycles. The minimum Gasteiger partial charge on any atom is -0.487 e. The summed E-state index contributed by atoms with van der Waals surface area (Å²) in [7, 11) is 0. The van der Waals surface area contributed by atoms with Gasteiger partial charge in [0.05, 0.1) is 0 Å². The molecule has 14 heavy (non-hydrogen) atoms. The Morgan fingerprint density at radius 1 is 1.07 bits per heavy atom. The van der Waals surface area contributed by atoms with E-state index in [1.54, 1.807) is 6.20 Å². The maximum Gasteiger partial charge on any atom is 0.146 e. The molecule has 2 heterocycles. The Hall–Kier alpha value is -1.83. The average Bonchev–Trinajstić information content (AvgIpc) is 2.29. The smallest absolute Gasteiger partial charge is 0.146 e. The molecule has 1 aliphatic rings. The second-order valence-electron chi connectivity index (χ2n) is 3.30. The van der Waals surface area contributed by atoms with E-state index in [1.807, 2.05) is 24.3 Å². The molecule has 0 bridgehead atoms. The molecule has 2 aromatic rings. The lowest BCUT2D eigenvalue weighted by molar-refractivity contribution is 0.301. The molecule has 0 spiro atoms. The molecule has 1 aromatic heterocycles. The van der Waals surface area contributed by atoms with Crippen molar-refractivity contribution in [1.82, 2.24) is 4.98 Å². The first-order valence-electron chi connectivity index (χ1n) is 4.61. The second-order valence-corrected chi connectivity index (χ2v) is 3.30. The molecule has 1 aliphatic heterocycles. The van der Waals surface area contributed by atoms with Gasteiger partial charge in [-0.05, 0) is 17.7 Å². The third-order valence-electron chi connectivity index (χ3n) is 2.43. The molecule has 0 saturated heterocycles. The van der Waals surface area contributed by atoms with E-state index < -0.39 is 0 Å². The normalized spacial score (nSPS) is 12.6. The van der Waals surface area contributed by atoms with Crippen LogP contribution in [0, 0.1) is 0 Å². The zero-order valence-electron chi connectivity index (χ0n) is 7.60. The highest BCUT2D eigenvalue weighted by molar-refractivity contribution is 5.70. The number of benzene rings is 1. The average molecular weight is 183 g/mol. The Morgan fingerprint density at radius 3 is 3.00 bits per heavy atom. The fourth-order valence-corrected chi connectivity index (χ4v) is 1.74. The fraction of sp³-hybridized carbons (Fsp3) is 0.0833. The number of fused-ring (bicyclic) bond motifs is 3. The lowest BCUT2D eigenvalue weighted by Gasteiger charge is -2.18. The Morgan fingerprint density at radius 2 is 2.00 bits per heavy atom. The summed E-state index contributed by atoms with van der Waals surface area (Å²) >= 11 is 0. The monoisotopic (exact) mass is 183 g/mol. The molecule has 0 radical (unpaired) electrons. The van der Waals surface area contributed by atoms with Gasteiger partial charge in [-0.1, -0.05) is 24.3 Å². The van der Waals surface area contributed by atoms with E-state index in [9.17, 15) is 0 Å². The highest BCUT2D eigenvalue weighted by Crippen LogP contribution is 2.34. The third kappa shape index (κ3) is 1.01. The van der Waals surface area contributed by atoms with Gasteiger partial charge in [-0.3, -0.25) is 4.98 Å². The summed E-state index contributed by atoms with van der Waals surface area (Å²) in [6.45, 7) is 0.648. The van der Waals surface area contributed by atoms with Crippen molar-refractivity contribution in [3.05, 3.63) is 48.2 Å². The Kier molecular flexibility index (Phi) is 1.53. The maximum absolute atomic E-state index is 5.59. The predicted octanol–water partition coefficient (Wildman–Crippen LogP) is 2.64. The predicted molar refractivity (Wildman–Crippen MR) is 54.0 cm³/mol. The molecular formula is C12H9NO. The van der Waals surface area contributed by atoms with Crippen molar-refractivity contribution in [2.75, 3.05) is 0 Å². The summed E-state index contributed by atoms with van der Waals surface area (Å²) < 4.78 is 5.59. The summed E-state index contributed by atoms with van der Waals surface area (Å²) in [6, 6.07) is 12.1. The zero-order chi connectivity index (χ0) is 9.38. The third-order valence-corrected chi connectivity index (χ3v) is 2.43. The lowest BCUT2D eigenvalue weighted by Crippen LogP contribution is -2.05. The van der Waals surface area contributed by atoms with Crippen molar-refractivity contribution in [2.24, 2.45) is 0 Å². The van der Waals surface area contributed by atoms with Crippen LogP contribution in [-0.4, -0.2) is 4.98 Å². The van der Waals surface area contributed by atoms with Crippen LogP contribution in [0.5, 0.6) is 5.75 Å². The van der Waals surface area contributed by atoms with Crippen molar-refractivity contribution in [3.8, 4) is 17.0 Å². The van der Waals surface area contributed by atoms with Gasteiger partial charge in [-0.15, -0.1) is 0 Å². The summed E-state index contributed by atoms with van der Waals surface area (Å²) in [5, 5.41) is 0. The number of rotatable bonds is 0. The SMILES string of the molecule is c1ccc2c(c1)COc1cccnc1-2. The second kappa shape index (κ2) is 2.84. The van der Waals surface area contributed by atoms with Gasteiger partial charge in [0.2, 0.25) is 0 Å². The van der Waals surface area contributed by atoms with Crippen LogP contribution in [0.25, 0.3) is 11.3 Å². The minimum atomic E-state index is 0.648. The first-order valence-corrected chi connectivity index (χ1v) is 4.61. The molecule has 2 heteroatoms. The summed E-state index contributed by atoms with van der Waals surface area (Å²) in [5.41, 5.74) is 3.35. The van der Waals surface area contributed by atoms with Gasteiger partial charge in [-0.25, -0.2) is 0 Å². The van der Waals surface area contributed by atoms with Gasteiger partial charge in [0, 0.05) is 11.8 Å². The number of pyridine rings is 1. The van der Waals surface area contributed by atoms with E-state index in [1.165, 1.54) is 11.1 Å². The first-order chi connectivity index (χ1) is 6.95. The topological polar surface area (TPSA) is 22.1 Å². The lowest BCUT2D eigenvalue weighted by atomic mass is 10.0. The van der Waals surface area contributed by atoms with Crippen LogP contribution >= 0.6 is 0 Å². The first kappa shape index (κ1) is 7.56. The molecule has 68 valence electrons. The molecule has 3 rings (SSSR count). The molecule has 2 nitrogen and oxygen atoms in total. The van der Waals surface area contributed by atoms with E-state index in [0.29, 0.717) is 6.61 Å². The van der Waals surface area contributed by atoms with Gasteiger partial charge >= 0.3 is 0 Å². The molecular weight excluding hydrogens is 174 g/mol. The summed E-state index contributed by atoms with van der Waals surface area (Å²) in [5.74, 6) is 0.881. The van der Waals surface area contributed by atoms with Crippen molar-refractivity contribution in [1.29, 1.82) is 0 Å². The Labute approximate surface area is 82.2 Å². The van der Waals surface area contributed by atoms with Gasteiger partial charge in [0.15, 0.2) is 0 Å². The van der Waals surface area contributed by atoms with E-state index in [4.69, 9.17) is 4.74 Å². The van der Waals surface area contributed by atoms with Crippen LogP contribution in [0.15, 0.2) is 42.6 Å². The molecule has 0 unspecified atom stereocenters.